The Balaban J connectivity index is 2.62. The molecular weight excluding hydrogens is 200 g/mol. The van der Waals surface area contributed by atoms with E-state index in [1.807, 2.05) is 0 Å². The van der Waals surface area contributed by atoms with Crippen LogP contribution in [-0.2, 0) is 0 Å². The summed E-state index contributed by atoms with van der Waals surface area (Å²) in [6.07, 6.45) is 4.67. The maximum Gasteiger partial charge on any atom is 0.0601 e. The van der Waals surface area contributed by atoms with Gasteiger partial charge in [-0.3, -0.25) is 4.90 Å². The number of likely N-dealkylation sites (tertiary alicyclic amines) is 1. The zero-order valence-corrected chi connectivity index (χ0v) is 11.1. The third-order valence-electron chi connectivity index (χ3n) is 4.59. The van der Waals surface area contributed by atoms with Gasteiger partial charge in [0.05, 0.1) is 6.61 Å². The predicted octanol–water partition coefficient (Wildman–Crippen LogP) is 1.60. The van der Waals surface area contributed by atoms with Crippen LogP contribution >= 0.6 is 0 Å². The molecule has 1 aliphatic heterocycles. The molecule has 0 aromatic carbocycles. The van der Waals surface area contributed by atoms with Crippen LogP contribution in [0.25, 0.3) is 0 Å². The molecule has 0 aromatic rings. The Bertz CT molecular complexity index is 204. The second kappa shape index (κ2) is 5.99. The summed E-state index contributed by atoms with van der Waals surface area (Å²) in [5.74, 6) is 0. The van der Waals surface area contributed by atoms with Crippen LogP contribution < -0.4 is 5.73 Å². The largest absolute Gasteiger partial charge is 0.395 e. The van der Waals surface area contributed by atoms with Gasteiger partial charge < -0.3 is 10.8 Å². The number of hydrogen-bond acceptors (Lipinski definition) is 3. The molecule has 0 radical (unpaired) electrons. The smallest absolute Gasteiger partial charge is 0.0601 e. The number of rotatable bonds is 6. The molecule has 3 heteroatoms. The standard InChI is InChI=1S/C13H28N2O/c1-4-11(14)12(9-16)15-8-7-13(5-2,6-3)10-15/h11-12,16H,4-10,14H2,1-3H3. The quantitative estimate of drug-likeness (QED) is 0.726. The van der Waals surface area contributed by atoms with Crippen LogP contribution in [0.2, 0.25) is 0 Å². The highest BCUT2D eigenvalue weighted by Gasteiger charge is 2.38. The van der Waals surface area contributed by atoms with Gasteiger partial charge in [-0.15, -0.1) is 0 Å². The van der Waals surface area contributed by atoms with Crippen LogP contribution in [0.4, 0.5) is 0 Å². The van der Waals surface area contributed by atoms with Crippen LogP contribution in [-0.4, -0.2) is 41.8 Å². The topological polar surface area (TPSA) is 49.5 Å². The number of nitrogens with two attached hydrogens (primary N) is 1. The van der Waals surface area contributed by atoms with Crippen molar-refractivity contribution >= 4 is 0 Å². The minimum absolute atomic E-state index is 0.106. The zero-order chi connectivity index (χ0) is 12.2. The molecule has 0 saturated carbocycles. The molecule has 16 heavy (non-hydrogen) atoms. The van der Waals surface area contributed by atoms with Crippen molar-refractivity contribution in [3.63, 3.8) is 0 Å². The summed E-state index contributed by atoms with van der Waals surface area (Å²) in [7, 11) is 0. The molecule has 0 bridgehead atoms. The first kappa shape index (κ1) is 13.9. The van der Waals surface area contributed by atoms with E-state index in [1.54, 1.807) is 0 Å². The molecule has 0 spiro atoms. The summed E-state index contributed by atoms with van der Waals surface area (Å²) in [5, 5.41) is 9.48. The molecule has 0 amide bonds. The van der Waals surface area contributed by atoms with E-state index in [0.29, 0.717) is 5.41 Å². The fourth-order valence-electron chi connectivity index (χ4n) is 2.87. The lowest BCUT2D eigenvalue weighted by molar-refractivity contribution is 0.109. The maximum atomic E-state index is 9.48. The Hall–Kier alpha value is -0.120. The zero-order valence-electron chi connectivity index (χ0n) is 11.1. The SMILES string of the molecule is CCC(N)C(CO)N1CCC(CC)(CC)C1. The van der Waals surface area contributed by atoms with Gasteiger partial charge in [0.1, 0.15) is 0 Å². The predicted molar refractivity (Wildman–Crippen MR) is 68.3 cm³/mol. The number of aliphatic hydroxyl groups is 1. The molecule has 1 rings (SSSR count). The summed E-state index contributed by atoms with van der Waals surface area (Å²) >= 11 is 0. The highest BCUT2D eigenvalue weighted by atomic mass is 16.3. The lowest BCUT2D eigenvalue weighted by Crippen LogP contribution is -2.49. The average Bonchev–Trinajstić information content (AvgIpc) is 2.75. The highest BCUT2D eigenvalue weighted by Crippen LogP contribution is 2.38. The van der Waals surface area contributed by atoms with Crippen LogP contribution in [0.5, 0.6) is 0 Å². The lowest BCUT2D eigenvalue weighted by atomic mass is 9.82. The number of hydrogen-bond donors (Lipinski definition) is 2. The molecule has 3 nitrogen and oxygen atoms in total. The van der Waals surface area contributed by atoms with Crippen molar-refractivity contribution in [3.05, 3.63) is 0 Å². The minimum Gasteiger partial charge on any atom is -0.395 e. The summed E-state index contributed by atoms with van der Waals surface area (Å²) in [4.78, 5) is 2.40. The van der Waals surface area contributed by atoms with Crippen molar-refractivity contribution in [1.29, 1.82) is 0 Å². The van der Waals surface area contributed by atoms with Crippen molar-refractivity contribution in [2.75, 3.05) is 19.7 Å². The molecule has 3 N–H and O–H groups in total. The van der Waals surface area contributed by atoms with E-state index < -0.39 is 0 Å². The molecule has 1 saturated heterocycles. The average molecular weight is 228 g/mol. The van der Waals surface area contributed by atoms with E-state index in [1.165, 1.54) is 19.3 Å². The molecule has 1 fully saturated rings. The summed E-state index contributed by atoms with van der Waals surface area (Å²) in [6, 6.07) is 0.263. The van der Waals surface area contributed by atoms with E-state index >= 15 is 0 Å². The molecule has 0 aliphatic carbocycles. The van der Waals surface area contributed by atoms with Gasteiger partial charge in [-0.05, 0) is 37.6 Å². The van der Waals surface area contributed by atoms with Crippen LogP contribution in [0, 0.1) is 5.41 Å². The van der Waals surface area contributed by atoms with Crippen molar-refractivity contribution in [1.82, 2.24) is 4.90 Å². The van der Waals surface area contributed by atoms with Crippen LogP contribution in [0.1, 0.15) is 46.5 Å². The first-order valence-corrected chi connectivity index (χ1v) is 6.73. The molecule has 2 unspecified atom stereocenters. The minimum atomic E-state index is 0.106. The van der Waals surface area contributed by atoms with Gasteiger partial charge in [-0.1, -0.05) is 20.8 Å². The molecule has 0 aromatic heterocycles. The molecular formula is C13H28N2O. The Morgan fingerprint density at radius 2 is 1.94 bits per heavy atom. The molecule has 2 atom stereocenters. The number of aliphatic hydroxyl groups excluding tert-OH is 1. The second-order valence-electron chi connectivity index (χ2n) is 5.25. The van der Waals surface area contributed by atoms with Crippen molar-refractivity contribution in [3.8, 4) is 0 Å². The summed E-state index contributed by atoms with van der Waals surface area (Å²) in [5.41, 5.74) is 6.55. The fourth-order valence-corrected chi connectivity index (χ4v) is 2.87. The van der Waals surface area contributed by atoms with E-state index in [9.17, 15) is 5.11 Å². The van der Waals surface area contributed by atoms with Crippen molar-refractivity contribution < 1.29 is 5.11 Å². The maximum absolute atomic E-state index is 9.48. The Morgan fingerprint density at radius 3 is 2.31 bits per heavy atom. The first-order valence-electron chi connectivity index (χ1n) is 6.73. The van der Waals surface area contributed by atoms with Gasteiger partial charge in [0.2, 0.25) is 0 Å². The van der Waals surface area contributed by atoms with Gasteiger partial charge in [0.15, 0.2) is 0 Å². The van der Waals surface area contributed by atoms with Gasteiger partial charge in [-0.25, -0.2) is 0 Å². The normalized spacial score (nSPS) is 24.6. The van der Waals surface area contributed by atoms with Crippen molar-refractivity contribution in [2.24, 2.45) is 11.1 Å². The van der Waals surface area contributed by atoms with Gasteiger partial charge in [0.25, 0.3) is 0 Å². The summed E-state index contributed by atoms with van der Waals surface area (Å²) in [6.45, 7) is 9.05. The number of nitrogens with zero attached hydrogens (tertiary/aromatic N) is 1. The molecule has 1 aliphatic rings. The van der Waals surface area contributed by atoms with Crippen LogP contribution in [0.3, 0.4) is 0 Å². The Morgan fingerprint density at radius 1 is 1.31 bits per heavy atom. The Labute approximate surface area is 100 Å². The third-order valence-corrected chi connectivity index (χ3v) is 4.59. The van der Waals surface area contributed by atoms with Gasteiger partial charge in [0, 0.05) is 18.6 Å². The van der Waals surface area contributed by atoms with Crippen LogP contribution in [0.15, 0.2) is 0 Å². The van der Waals surface area contributed by atoms with Crippen molar-refractivity contribution in [2.45, 2.75) is 58.5 Å². The molecule has 96 valence electrons. The van der Waals surface area contributed by atoms with E-state index in [-0.39, 0.29) is 18.7 Å². The lowest BCUT2D eigenvalue weighted by Gasteiger charge is -2.33. The van der Waals surface area contributed by atoms with Gasteiger partial charge in [-0.2, -0.15) is 0 Å². The van der Waals surface area contributed by atoms with E-state index in [2.05, 4.69) is 25.7 Å². The third kappa shape index (κ3) is 2.76. The van der Waals surface area contributed by atoms with E-state index in [0.717, 1.165) is 19.5 Å². The second-order valence-corrected chi connectivity index (χ2v) is 5.25. The summed E-state index contributed by atoms with van der Waals surface area (Å²) < 4.78 is 0. The molecule has 1 heterocycles. The monoisotopic (exact) mass is 228 g/mol. The first-order chi connectivity index (χ1) is 7.62. The van der Waals surface area contributed by atoms with Gasteiger partial charge >= 0.3 is 0 Å². The Kier molecular flexibility index (Phi) is 5.22. The highest BCUT2D eigenvalue weighted by molar-refractivity contribution is 4.93. The van der Waals surface area contributed by atoms with E-state index in [4.69, 9.17) is 5.73 Å². The fraction of sp³-hybridized carbons (Fsp3) is 1.00.